The minimum Gasteiger partial charge on any atom is -0.493 e. The number of carbonyl (C=O) groups excluding carboxylic acids is 1. The minimum absolute atomic E-state index is 0.0531. The van der Waals surface area contributed by atoms with Gasteiger partial charge in [0.05, 0.1) is 6.20 Å². The van der Waals surface area contributed by atoms with Crippen molar-refractivity contribution < 1.29 is 9.90 Å². The zero-order valence-electron chi connectivity index (χ0n) is 16.1. The van der Waals surface area contributed by atoms with Crippen molar-refractivity contribution in [3.63, 3.8) is 0 Å². The van der Waals surface area contributed by atoms with Crippen molar-refractivity contribution in [2.45, 2.75) is 19.9 Å². The first-order valence-electron chi connectivity index (χ1n) is 9.26. The average Bonchev–Trinajstić information content (AvgIpc) is 3.14. The quantitative estimate of drug-likeness (QED) is 0.476. The molecule has 0 atom stereocenters. The highest BCUT2D eigenvalue weighted by atomic mass is 35.5. The van der Waals surface area contributed by atoms with E-state index < -0.39 is 0 Å². The van der Waals surface area contributed by atoms with Crippen molar-refractivity contribution >= 4 is 34.8 Å². The SMILES string of the molecule is Cc1nc2c(C(=O)NCc3ccccc3Cl)cnn2c(O)c1Cc1cccc(Cl)c1. The van der Waals surface area contributed by atoms with Gasteiger partial charge in [0.2, 0.25) is 5.88 Å². The van der Waals surface area contributed by atoms with E-state index in [0.717, 1.165) is 11.1 Å². The van der Waals surface area contributed by atoms with Crippen LogP contribution in [0, 0.1) is 6.92 Å². The van der Waals surface area contributed by atoms with E-state index in [-0.39, 0.29) is 29.5 Å². The highest BCUT2D eigenvalue weighted by Gasteiger charge is 2.20. The molecule has 30 heavy (non-hydrogen) atoms. The molecule has 2 N–H and O–H groups in total. The van der Waals surface area contributed by atoms with E-state index >= 15 is 0 Å². The maximum atomic E-state index is 12.7. The van der Waals surface area contributed by atoms with Crippen LogP contribution in [0.15, 0.2) is 54.7 Å². The second kappa shape index (κ2) is 8.34. The lowest BCUT2D eigenvalue weighted by atomic mass is 10.0. The molecule has 0 saturated heterocycles. The molecule has 2 aromatic carbocycles. The fraction of sp³-hybridized carbons (Fsp3) is 0.136. The Morgan fingerprint density at radius 1 is 1.17 bits per heavy atom. The number of rotatable bonds is 5. The van der Waals surface area contributed by atoms with Crippen LogP contribution >= 0.6 is 23.2 Å². The van der Waals surface area contributed by atoms with Crippen LogP contribution in [0.5, 0.6) is 5.88 Å². The van der Waals surface area contributed by atoms with Crippen LogP contribution < -0.4 is 5.32 Å². The molecule has 2 heterocycles. The Morgan fingerprint density at radius 2 is 1.97 bits per heavy atom. The Labute approximate surface area is 183 Å². The van der Waals surface area contributed by atoms with E-state index in [1.807, 2.05) is 36.4 Å². The van der Waals surface area contributed by atoms with Crippen LogP contribution in [0.25, 0.3) is 5.65 Å². The summed E-state index contributed by atoms with van der Waals surface area (Å²) >= 11 is 12.2. The lowest BCUT2D eigenvalue weighted by molar-refractivity contribution is 0.0952. The third kappa shape index (κ3) is 3.97. The second-order valence-electron chi connectivity index (χ2n) is 6.87. The number of aryl methyl sites for hydroxylation is 1. The predicted molar refractivity (Wildman–Crippen MR) is 116 cm³/mol. The van der Waals surface area contributed by atoms with E-state index in [1.165, 1.54) is 10.7 Å². The number of carbonyl (C=O) groups is 1. The summed E-state index contributed by atoms with van der Waals surface area (Å²) in [6.45, 7) is 2.06. The zero-order valence-corrected chi connectivity index (χ0v) is 17.6. The van der Waals surface area contributed by atoms with Gasteiger partial charge in [-0.3, -0.25) is 4.79 Å². The third-order valence-corrected chi connectivity index (χ3v) is 5.44. The smallest absolute Gasteiger partial charge is 0.257 e. The number of hydrogen-bond acceptors (Lipinski definition) is 4. The van der Waals surface area contributed by atoms with E-state index in [9.17, 15) is 9.90 Å². The Bertz CT molecular complexity index is 1250. The molecular formula is C22H18Cl2N4O2. The summed E-state index contributed by atoms with van der Waals surface area (Å²) in [5, 5.41) is 19.0. The molecule has 0 radical (unpaired) electrons. The van der Waals surface area contributed by atoms with Crippen molar-refractivity contribution in [3.8, 4) is 5.88 Å². The number of halogens is 2. The molecule has 0 spiro atoms. The van der Waals surface area contributed by atoms with Crippen LogP contribution in [0.3, 0.4) is 0 Å². The predicted octanol–water partition coefficient (Wildman–Crippen LogP) is 4.57. The normalized spacial score (nSPS) is 11.0. The minimum atomic E-state index is -0.348. The van der Waals surface area contributed by atoms with Crippen molar-refractivity contribution in [3.05, 3.63) is 92.7 Å². The van der Waals surface area contributed by atoms with Gasteiger partial charge in [0.25, 0.3) is 5.91 Å². The molecule has 0 saturated carbocycles. The first-order chi connectivity index (χ1) is 14.4. The lowest BCUT2D eigenvalue weighted by Crippen LogP contribution is -2.23. The van der Waals surface area contributed by atoms with E-state index in [2.05, 4.69) is 15.4 Å². The van der Waals surface area contributed by atoms with Crippen molar-refractivity contribution in [2.75, 3.05) is 0 Å². The third-order valence-electron chi connectivity index (χ3n) is 4.84. The Hall–Kier alpha value is -3.09. The lowest BCUT2D eigenvalue weighted by Gasteiger charge is -2.11. The number of aromatic nitrogens is 3. The summed E-state index contributed by atoms with van der Waals surface area (Å²) in [5.41, 5.74) is 3.54. The summed E-state index contributed by atoms with van der Waals surface area (Å²) in [7, 11) is 0. The number of aromatic hydroxyl groups is 1. The first kappa shape index (κ1) is 20.2. The largest absolute Gasteiger partial charge is 0.493 e. The molecule has 0 aliphatic rings. The van der Waals surface area contributed by atoms with Gasteiger partial charge in [-0.1, -0.05) is 53.5 Å². The van der Waals surface area contributed by atoms with Crippen LogP contribution in [-0.4, -0.2) is 25.6 Å². The Balaban J connectivity index is 1.62. The number of nitrogens with one attached hydrogen (secondary N) is 1. The van der Waals surface area contributed by atoms with Gasteiger partial charge < -0.3 is 10.4 Å². The number of fused-ring (bicyclic) bond motifs is 1. The average molecular weight is 441 g/mol. The number of benzene rings is 2. The zero-order chi connectivity index (χ0) is 21.3. The molecular weight excluding hydrogens is 423 g/mol. The molecule has 0 aliphatic carbocycles. The van der Waals surface area contributed by atoms with E-state index in [0.29, 0.717) is 27.7 Å². The summed E-state index contributed by atoms with van der Waals surface area (Å²) in [4.78, 5) is 17.2. The molecule has 0 fully saturated rings. The van der Waals surface area contributed by atoms with Crippen molar-refractivity contribution in [1.29, 1.82) is 0 Å². The Morgan fingerprint density at radius 3 is 2.73 bits per heavy atom. The summed E-state index contributed by atoms with van der Waals surface area (Å²) < 4.78 is 1.28. The molecule has 0 unspecified atom stereocenters. The molecule has 8 heteroatoms. The molecule has 152 valence electrons. The van der Waals surface area contributed by atoms with Gasteiger partial charge in [-0.2, -0.15) is 9.61 Å². The molecule has 6 nitrogen and oxygen atoms in total. The summed E-state index contributed by atoms with van der Waals surface area (Å²) in [6, 6.07) is 14.7. The first-order valence-corrected chi connectivity index (χ1v) is 10.0. The highest BCUT2D eigenvalue weighted by molar-refractivity contribution is 6.31. The Kier molecular flexibility index (Phi) is 5.61. The maximum Gasteiger partial charge on any atom is 0.257 e. The number of nitrogens with zero attached hydrogens (tertiary/aromatic N) is 3. The van der Waals surface area contributed by atoms with Gasteiger partial charge in [0, 0.05) is 34.3 Å². The number of hydrogen-bond donors (Lipinski definition) is 2. The molecule has 4 aromatic rings. The monoisotopic (exact) mass is 440 g/mol. The standard InChI is InChI=1S/C22H18Cl2N4O2/c1-13-17(10-14-5-4-7-16(23)9-14)22(30)28-20(27-13)18(12-26-28)21(29)25-11-15-6-2-3-8-19(15)24/h2-9,12,30H,10-11H2,1H3,(H,25,29). The number of amides is 1. The van der Waals surface area contributed by atoms with E-state index in [1.54, 1.807) is 19.1 Å². The van der Waals surface area contributed by atoms with Crippen LogP contribution in [-0.2, 0) is 13.0 Å². The summed E-state index contributed by atoms with van der Waals surface area (Å²) in [6.07, 6.45) is 1.83. The highest BCUT2D eigenvalue weighted by Crippen LogP contribution is 2.26. The molecule has 2 aromatic heterocycles. The van der Waals surface area contributed by atoms with Crippen LogP contribution in [0.2, 0.25) is 10.0 Å². The van der Waals surface area contributed by atoms with Crippen molar-refractivity contribution in [1.82, 2.24) is 19.9 Å². The van der Waals surface area contributed by atoms with Gasteiger partial charge in [0.15, 0.2) is 5.65 Å². The molecule has 4 rings (SSSR count). The van der Waals surface area contributed by atoms with Crippen LogP contribution in [0.1, 0.15) is 32.7 Å². The van der Waals surface area contributed by atoms with E-state index in [4.69, 9.17) is 23.2 Å². The summed E-state index contributed by atoms with van der Waals surface area (Å²) in [5.74, 6) is -0.401. The molecule has 0 aliphatic heterocycles. The van der Waals surface area contributed by atoms with Gasteiger partial charge >= 0.3 is 0 Å². The van der Waals surface area contributed by atoms with Gasteiger partial charge in [-0.05, 0) is 36.2 Å². The topological polar surface area (TPSA) is 79.5 Å². The fourth-order valence-electron chi connectivity index (χ4n) is 3.25. The van der Waals surface area contributed by atoms with Gasteiger partial charge in [-0.25, -0.2) is 4.98 Å². The fourth-order valence-corrected chi connectivity index (χ4v) is 3.67. The molecule has 0 bridgehead atoms. The molecule has 1 amide bonds. The second-order valence-corrected chi connectivity index (χ2v) is 7.72. The van der Waals surface area contributed by atoms with Crippen molar-refractivity contribution in [2.24, 2.45) is 0 Å². The van der Waals surface area contributed by atoms with Crippen LogP contribution in [0.4, 0.5) is 0 Å². The maximum absolute atomic E-state index is 12.7. The van der Waals surface area contributed by atoms with Gasteiger partial charge in [0.1, 0.15) is 5.56 Å². The van der Waals surface area contributed by atoms with Gasteiger partial charge in [-0.15, -0.1) is 0 Å².